The number of carbonyl (C=O) groups excluding carboxylic acids is 1. The Balaban J connectivity index is 2.02. The maximum absolute atomic E-state index is 12.5. The van der Waals surface area contributed by atoms with Crippen molar-refractivity contribution in [3.63, 3.8) is 0 Å². The highest BCUT2D eigenvalue weighted by molar-refractivity contribution is 6.31. The first-order chi connectivity index (χ1) is 9.99. The molecule has 5 nitrogen and oxygen atoms in total. The predicted molar refractivity (Wildman–Crippen MR) is 80.3 cm³/mol. The monoisotopic (exact) mass is 310 g/mol. The van der Waals surface area contributed by atoms with Crippen molar-refractivity contribution in [1.82, 2.24) is 9.80 Å². The number of aliphatic carboxylic acids is 1. The van der Waals surface area contributed by atoms with Crippen molar-refractivity contribution in [1.29, 1.82) is 0 Å². The smallest absolute Gasteiger partial charge is 0.320 e. The topological polar surface area (TPSA) is 60.9 Å². The number of carboxylic acid groups (broad SMARTS) is 1. The minimum atomic E-state index is -0.867. The van der Waals surface area contributed by atoms with Crippen LogP contribution >= 0.6 is 11.6 Å². The number of rotatable bonds is 4. The van der Waals surface area contributed by atoms with Gasteiger partial charge in [0.2, 0.25) is 0 Å². The zero-order valence-electron chi connectivity index (χ0n) is 12.0. The van der Waals surface area contributed by atoms with E-state index >= 15 is 0 Å². The third-order valence-electron chi connectivity index (χ3n) is 3.72. The van der Waals surface area contributed by atoms with Gasteiger partial charge in [-0.3, -0.25) is 4.79 Å². The first-order valence-corrected chi connectivity index (χ1v) is 7.33. The fourth-order valence-corrected chi connectivity index (χ4v) is 2.87. The van der Waals surface area contributed by atoms with Gasteiger partial charge in [-0.05, 0) is 24.5 Å². The highest BCUT2D eigenvalue weighted by Gasteiger charge is 2.32. The Morgan fingerprint density at radius 1 is 1.43 bits per heavy atom. The number of hydrogen-bond donors (Lipinski definition) is 1. The summed E-state index contributed by atoms with van der Waals surface area (Å²) < 4.78 is 0. The molecule has 6 heteroatoms. The second-order valence-corrected chi connectivity index (χ2v) is 5.72. The van der Waals surface area contributed by atoms with Gasteiger partial charge in [-0.2, -0.15) is 0 Å². The van der Waals surface area contributed by atoms with Crippen LogP contribution in [0.15, 0.2) is 24.3 Å². The molecule has 0 aliphatic carbocycles. The summed E-state index contributed by atoms with van der Waals surface area (Å²) in [5.41, 5.74) is 0.879. The van der Waals surface area contributed by atoms with E-state index in [2.05, 4.69) is 0 Å². The first-order valence-electron chi connectivity index (χ1n) is 6.96. The minimum absolute atomic E-state index is 0.00563. The zero-order valence-corrected chi connectivity index (χ0v) is 12.7. The third-order valence-corrected chi connectivity index (χ3v) is 4.09. The Morgan fingerprint density at radius 2 is 2.14 bits per heavy atom. The van der Waals surface area contributed by atoms with Gasteiger partial charge < -0.3 is 14.9 Å². The molecule has 0 bridgehead atoms. The van der Waals surface area contributed by atoms with E-state index in [0.29, 0.717) is 18.1 Å². The number of urea groups is 1. The molecule has 1 heterocycles. The molecular formula is C15H19ClN2O3. The molecule has 1 aliphatic rings. The number of likely N-dealkylation sites (tertiary alicyclic amines) is 1. The molecule has 1 N–H and O–H groups in total. The van der Waals surface area contributed by atoms with Crippen molar-refractivity contribution in [2.75, 3.05) is 13.6 Å². The number of carbonyl (C=O) groups is 2. The summed E-state index contributed by atoms with van der Waals surface area (Å²) >= 11 is 6.10. The van der Waals surface area contributed by atoms with Crippen molar-refractivity contribution in [3.8, 4) is 0 Å². The summed E-state index contributed by atoms with van der Waals surface area (Å²) in [4.78, 5) is 26.6. The van der Waals surface area contributed by atoms with E-state index in [9.17, 15) is 9.59 Å². The van der Waals surface area contributed by atoms with Gasteiger partial charge in [-0.1, -0.05) is 29.8 Å². The summed E-state index contributed by atoms with van der Waals surface area (Å²) in [7, 11) is 1.71. The summed E-state index contributed by atoms with van der Waals surface area (Å²) in [6.07, 6.45) is 1.60. The average molecular weight is 311 g/mol. The average Bonchev–Trinajstić information content (AvgIpc) is 2.87. The van der Waals surface area contributed by atoms with Crippen LogP contribution in [-0.4, -0.2) is 46.5 Å². The summed E-state index contributed by atoms with van der Waals surface area (Å²) in [6, 6.07) is 7.05. The molecule has 1 unspecified atom stereocenters. The van der Waals surface area contributed by atoms with Gasteiger partial charge in [0.15, 0.2) is 0 Å². The lowest BCUT2D eigenvalue weighted by molar-refractivity contribution is -0.138. The highest BCUT2D eigenvalue weighted by Crippen LogP contribution is 2.23. The molecule has 1 aromatic carbocycles. The number of hydrogen-bond acceptors (Lipinski definition) is 2. The molecule has 2 amide bonds. The van der Waals surface area contributed by atoms with Crippen molar-refractivity contribution in [3.05, 3.63) is 34.9 Å². The van der Waals surface area contributed by atoms with Crippen molar-refractivity contribution in [2.45, 2.75) is 31.8 Å². The number of benzene rings is 1. The fraction of sp³-hybridized carbons (Fsp3) is 0.467. The summed E-state index contributed by atoms with van der Waals surface area (Å²) in [6.45, 7) is 1.03. The van der Waals surface area contributed by atoms with E-state index in [4.69, 9.17) is 16.7 Å². The molecule has 0 aromatic heterocycles. The van der Waals surface area contributed by atoms with E-state index in [1.165, 1.54) is 0 Å². The second-order valence-electron chi connectivity index (χ2n) is 5.32. The van der Waals surface area contributed by atoms with Crippen molar-refractivity contribution >= 4 is 23.6 Å². The molecule has 1 saturated heterocycles. The minimum Gasteiger partial charge on any atom is -0.481 e. The lowest BCUT2D eigenvalue weighted by atomic mass is 10.1. The Morgan fingerprint density at radius 3 is 2.81 bits per heavy atom. The van der Waals surface area contributed by atoms with E-state index in [1.54, 1.807) is 22.9 Å². The van der Waals surface area contributed by atoms with Gasteiger partial charge in [0, 0.05) is 31.2 Å². The Bertz CT molecular complexity index is 535. The summed E-state index contributed by atoms with van der Waals surface area (Å²) in [5.74, 6) is -0.867. The highest BCUT2D eigenvalue weighted by atomic mass is 35.5. The molecule has 0 spiro atoms. The molecule has 1 aliphatic heterocycles. The quantitative estimate of drug-likeness (QED) is 0.930. The molecular weight excluding hydrogens is 292 g/mol. The van der Waals surface area contributed by atoms with Gasteiger partial charge in [0.05, 0.1) is 6.42 Å². The molecule has 2 rings (SSSR count). The number of halogens is 1. The second kappa shape index (κ2) is 6.80. The van der Waals surface area contributed by atoms with Crippen LogP contribution in [0.3, 0.4) is 0 Å². The molecule has 1 fully saturated rings. The number of amides is 2. The summed E-state index contributed by atoms with van der Waals surface area (Å²) in [5, 5.41) is 9.54. The van der Waals surface area contributed by atoms with E-state index in [0.717, 1.165) is 18.4 Å². The lowest BCUT2D eigenvalue weighted by Gasteiger charge is -2.29. The van der Waals surface area contributed by atoms with Gasteiger partial charge in [0.25, 0.3) is 0 Å². The van der Waals surface area contributed by atoms with Crippen LogP contribution in [0.5, 0.6) is 0 Å². The van der Waals surface area contributed by atoms with E-state index in [1.807, 2.05) is 18.2 Å². The molecule has 0 saturated carbocycles. The van der Waals surface area contributed by atoms with E-state index in [-0.39, 0.29) is 18.5 Å². The van der Waals surface area contributed by atoms with Crippen LogP contribution in [0.1, 0.15) is 24.8 Å². The maximum atomic E-state index is 12.5. The van der Waals surface area contributed by atoms with Crippen molar-refractivity contribution < 1.29 is 14.7 Å². The molecule has 0 radical (unpaired) electrons. The van der Waals surface area contributed by atoms with Gasteiger partial charge in [0.1, 0.15) is 0 Å². The normalized spacial score (nSPS) is 17.8. The van der Waals surface area contributed by atoms with Gasteiger partial charge in [-0.15, -0.1) is 0 Å². The fourth-order valence-electron chi connectivity index (χ4n) is 2.67. The van der Waals surface area contributed by atoms with Crippen LogP contribution < -0.4 is 0 Å². The number of carboxylic acids is 1. The SMILES string of the molecule is CN(Cc1ccccc1Cl)C(=O)N1CCCC1CC(=O)O. The molecule has 114 valence electrons. The van der Waals surface area contributed by atoms with E-state index < -0.39 is 5.97 Å². The largest absolute Gasteiger partial charge is 0.481 e. The van der Waals surface area contributed by atoms with Gasteiger partial charge >= 0.3 is 12.0 Å². The first kappa shape index (κ1) is 15.6. The lowest BCUT2D eigenvalue weighted by Crippen LogP contribution is -2.44. The zero-order chi connectivity index (χ0) is 15.4. The van der Waals surface area contributed by atoms with Crippen LogP contribution in [0, 0.1) is 0 Å². The Kier molecular flexibility index (Phi) is 5.07. The maximum Gasteiger partial charge on any atom is 0.320 e. The van der Waals surface area contributed by atoms with Gasteiger partial charge in [-0.25, -0.2) is 4.79 Å². The van der Waals surface area contributed by atoms with Crippen LogP contribution in [0.4, 0.5) is 4.79 Å². The number of nitrogens with zero attached hydrogens (tertiary/aromatic N) is 2. The standard InChI is InChI=1S/C15H19ClN2O3/c1-17(10-11-5-2-3-7-13(11)16)15(21)18-8-4-6-12(18)9-14(19)20/h2-3,5,7,12H,4,6,8-10H2,1H3,(H,19,20). The molecule has 21 heavy (non-hydrogen) atoms. The third kappa shape index (κ3) is 3.88. The predicted octanol–water partition coefficient (Wildman–Crippen LogP) is 2.83. The van der Waals surface area contributed by atoms with Crippen LogP contribution in [0.2, 0.25) is 5.02 Å². The van der Waals surface area contributed by atoms with Crippen LogP contribution in [0.25, 0.3) is 0 Å². The van der Waals surface area contributed by atoms with Crippen molar-refractivity contribution in [2.24, 2.45) is 0 Å². The molecule has 1 aromatic rings. The Hall–Kier alpha value is -1.75. The van der Waals surface area contributed by atoms with Crippen LogP contribution in [-0.2, 0) is 11.3 Å². The molecule has 1 atom stereocenters. The Labute approximate surface area is 129 Å².